The Labute approximate surface area is 187 Å². The maximum Gasteiger partial charge on any atom is 0.291 e. The molecular formula is C26H29N2O4+. The van der Waals surface area contributed by atoms with Crippen LogP contribution in [0.5, 0.6) is 5.75 Å². The van der Waals surface area contributed by atoms with E-state index in [1.54, 1.807) is 29.2 Å². The van der Waals surface area contributed by atoms with Crippen LogP contribution in [0.1, 0.15) is 41.6 Å². The molecule has 6 nitrogen and oxygen atoms in total. The topological polar surface area (TPSA) is 64.2 Å². The van der Waals surface area contributed by atoms with Crippen molar-refractivity contribution < 1.29 is 18.8 Å². The number of hydrogen-bond donors (Lipinski definition) is 1. The average Bonchev–Trinajstić information content (AvgIpc) is 3.10. The summed E-state index contributed by atoms with van der Waals surface area (Å²) in [6, 6.07) is 14.1. The monoisotopic (exact) mass is 433 g/mol. The molecule has 3 aromatic rings. The zero-order valence-corrected chi connectivity index (χ0v) is 18.6. The number of nitrogens with one attached hydrogen (secondary N) is 1. The third-order valence-corrected chi connectivity index (χ3v) is 6.12. The molecule has 2 aromatic carbocycles. The second-order valence-electron chi connectivity index (χ2n) is 7.95. The predicted molar refractivity (Wildman–Crippen MR) is 124 cm³/mol. The van der Waals surface area contributed by atoms with Crippen molar-refractivity contribution in [3.05, 3.63) is 88.3 Å². The lowest BCUT2D eigenvalue weighted by atomic mass is 9.98. The molecule has 1 atom stereocenters. The quantitative estimate of drug-likeness (QED) is 0.527. The van der Waals surface area contributed by atoms with Crippen LogP contribution in [0.4, 0.5) is 0 Å². The summed E-state index contributed by atoms with van der Waals surface area (Å²) in [4.78, 5) is 30.1. The van der Waals surface area contributed by atoms with E-state index in [9.17, 15) is 9.59 Å². The number of para-hydroxylation sites is 1. The lowest BCUT2D eigenvalue weighted by Gasteiger charge is -2.27. The SMILES string of the molecule is C=CCOc1cccc([C@H]2c3c(oc4ccccc4c3=O)C(=O)N2CC[NH+](CC)CC)c1. The molecule has 0 fully saturated rings. The fraction of sp³-hybridized carbons (Fsp3) is 0.308. The van der Waals surface area contributed by atoms with Crippen LogP contribution >= 0.6 is 0 Å². The van der Waals surface area contributed by atoms with Crippen LogP contribution in [0, 0.1) is 0 Å². The molecule has 2 heterocycles. The van der Waals surface area contributed by atoms with E-state index in [2.05, 4.69) is 20.4 Å². The molecule has 0 aliphatic carbocycles. The van der Waals surface area contributed by atoms with Gasteiger partial charge in [-0.15, -0.1) is 0 Å². The lowest BCUT2D eigenvalue weighted by molar-refractivity contribution is -0.895. The molecule has 32 heavy (non-hydrogen) atoms. The normalized spacial score (nSPS) is 15.4. The third kappa shape index (κ3) is 3.94. The zero-order chi connectivity index (χ0) is 22.7. The Hall–Kier alpha value is -3.38. The van der Waals surface area contributed by atoms with Gasteiger partial charge in [-0.1, -0.05) is 36.9 Å². The smallest absolute Gasteiger partial charge is 0.291 e. The van der Waals surface area contributed by atoms with Gasteiger partial charge in [0.05, 0.1) is 43.2 Å². The number of benzene rings is 2. The van der Waals surface area contributed by atoms with Gasteiger partial charge in [0.15, 0.2) is 5.43 Å². The fourth-order valence-electron chi connectivity index (χ4n) is 4.36. The number of quaternary nitrogens is 1. The molecule has 0 saturated heterocycles. The van der Waals surface area contributed by atoms with E-state index in [1.165, 1.54) is 4.90 Å². The molecule has 0 saturated carbocycles. The molecule has 0 bridgehead atoms. The second kappa shape index (κ2) is 9.40. The highest BCUT2D eigenvalue weighted by molar-refractivity contribution is 5.99. The highest BCUT2D eigenvalue weighted by Crippen LogP contribution is 2.38. The predicted octanol–water partition coefficient (Wildman–Crippen LogP) is 2.83. The van der Waals surface area contributed by atoms with Crippen LogP contribution in [-0.4, -0.2) is 43.6 Å². The Balaban J connectivity index is 1.83. The first-order valence-corrected chi connectivity index (χ1v) is 11.1. The summed E-state index contributed by atoms with van der Waals surface area (Å²) >= 11 is 0. The number of carbonyl (C=O) groups excluding carboxylic acids is 1. The van der Waals surface area contributed by atoms with Gasteiger partial charge >= 0.3 is 0 Å². The number of ether oxygens (including phenoxy) is 1. The average molecular weight is 434 g/mol. The van der Waals surface area contributed by atoms with E-state index in [-0.39, 0.29) is 17.1 Å². The molecule has 1 aromatic heterocycles. The summed E-state index contributed by atoms with van der Waals surface area (Å²) in [6.07, 6.45) is 1.68. The van der Waals surface area contributed by atoms with Crippen LogP contribution < -0.4 is 15.1 Å². The number of carbonyl (C=O) groups is 1. The van der Waals surface area contributed by atoms with Crippen molar-refractivity contribution in [1.29, 1.82) is 0 Å². The standard InChI is InChI=1S/C26H28N2O4/c1-4-16-31-19-11-9-10-18(17-19)23-22-24(29)20-12-7-8-13-21(20)32-25(22)26(30)28(23)15-14-27(5-2)6-3/h4,7-13,17,23H,1,5-6,14-16H2,2-3H3/p+1/t23-/m0/s1. The summed E-state index contributed by atoms with van der Waals surface area (Å²) in [5.74, 6) is 0.574. The van der Waals surface area contributed by atoms with Crippen LogP contribution in [0.3, 0.4) is 0 Å². The minimum absolute atomic E-state index is 0.144. The van der Waals surface area contributed by atoms with E-state index in [0.29, 0.717) is 35.4 Å². The summed E-state index contributed by atoms with van der Waals surface area (Å²) in [6.45, 7) is 11.6. The summed E-state index contributed by atoms with van der Waals surface area (Å²) in [5.41, 5.74) is 1.51. The van der Waals surface area contributed by atoms with E-state index in [0.717, 1.165) is 25.2 Å². The number of amides is 1. The van der Waals surface area contributed by atoms with Crippen LogP contribution in [0.2, 0.25) is 0 Å². The molecular weight excluding hydrogens is 404 g/mol. The minimum Gasteiger partial charge on any atom is -0.490 e. The third-order valence-electron chi connectivity index (χ3n) is 6.12. The van der Waals surface area contributed by atoms with E-state index < -0.39 is 6.04 Å². The Morgan fingerprint density at radius 2 is 1.91 bits per heavy atom. The van der Waals surface area contributed by atoms with Crippen LogP contribution in [-0.2, 0) is 0 Å². The van der Waals surface area contributed by atoms with Gasteiger partial charge < -0.3 is 19.0 Å². The Bertz CT molecular complexity index is 1200. The second-order valence-corrected chi connectivity index (χ2v) is 7.95. The van der Waals surface area contributed by atoms with Gasteiger partial charge in [0, 0.05) is 0 Å². The van der Waals surface area contributed by atoms with Gasteiger partial charge in [-0.3, -0.25) is 9.59 Å². The van der Waals surface area contributed by atoms with Gasteiger partial charge in [-0.05, 0) is 43.7 Å². The molecule has 1 aliphatic heterocycles. The van der Waals surface area contributed by atoms with Crippen LogP contribution in [0.25, 0.3) is 11.0 Å². The Morgan fingerprint density at radius 3 is 2.66 bits per heavy atom. The van der Waals surface area contributed by atoms with Crippen molar-refractivity contribution in [1.82, 2.24) is 4.90 Å². The van der Waals surface area contributed by atoms with Gasteiger partial charge in [-0.25, -0.2) is 0 Å². The largest absolute Gasteiger partial charge is 0.490 e. The molecule has 166 valence electrons. The summed E-state index contributed by atoms with van der Waals surface area (Å²) in [7, 11) is 0. The number of likely N-dealkylation sites (N-methyl/N-ethyl adjacent to an activating group) is 1. The van der Waals surface area contributed by atoms with E-state index in [1.807, 2.05) is 30.3 Å². The first-order chi connectivity index (χ1) is 15.6. The van der Waals surface area contributed by atoms with Crippen molar-refractivity contribution in [2.75, 3.05) is 32.8 Å². The summed E-state index contributed by atoms with van der Waals surface area (Å²) < 4.78 is 11.7. The van der Waals surface area contributed by atoms with Crippen molar-refractivity contribution in [3.63, 3.8) is 0 Å². The first kappa shape index (κ1) is 21.8. The molecule has 0 radical (unpaired) electrons. The van der Waals surface area contributed by atoms with Crippen molar-refractivity contribution >= 4 is 16.9 Å². The maximum absolute atomic E-state index is 13.5. The molecule has 1 N–H and O–H groups in total. The van der Waals surface area contributed by atoms with Crippen LogP contribution in [0.15, 0.2) is 70.4 Å². The number of fused-ring (bicyclic) bond motifs is 2. The van der Waals surface area contributed by atoms with E-state index >= 15 is 0 Å². The lowest BCUT2D eigenvalue weighted by Crippen LogP contribution is -3.12. The molecule has 1 amide bonds. The van der Waals surface area contributed by atoms with E-state index in [4.69, 9.17) is 9.15 Å². The molecule has 1 aliphatic rings. The highest BCUT2D eigenvalue weighted by Gasteiger charge is 2.43. The highest BCUT2D eigenvalue weighted by atomic mass is 16.5. The Kier molecular flexibility index (Phi) is 6.42. The minimum atomic E-state index is -0.513. The fourth-order valence-corrected chi connectivity index (χ4v) is 4.36. The van der Waals surface area contributed by atoms with Crippen molar-refractivity contribution in [2.24, 2.45) is 0 Å². The zero-order valence-electron chi connectivity index (χ0n) is 18.6. The Morgan fingerprint density at radius 1 is 1.12 bits per heavy atom. The summed E-state index contributed by atoms with van der Waals surface area (Å²) in [5, 5.41) is 0.485. The maximum atomic E-state index is 13.5. The number of hydrogen-bond acceptors (Lipinski definition) is 4. The van der Waals surface area contributed by atoms with Crippen molar-refractivity contribution in [2.45, 2.75) is 19.9 Å². The first-order valence-electron chi connectivity index (χ1n) is 11.1. The van der Waals surface area contributed by atoms with Gasteiger partial charge in [0.2, 0.25) is 5.76 Å². The van der Waals surface area contributed by atoms with Gasteiger partial charge in [0.25, 0.3) is 5.91 Å². The molecule has 0 spiro atoms. The van der Waals surface area contributed by atoms with Crippen molar-refractivity contribution in [3.8, 4) is 5.75 Å². The molecule has 4 rings (SSSR count). The van der Waals surface area contributed by atoms with Gasteiger partial charge in [-0.2, -0.15) is 0 Å². The number of rotatable bonds is 9. The van der Waals surface area contributed by atoms with Gasteiger partial charge in [0.1, 0.15) is 17.9 Å². The molecule has 6 heteroatoms. The number of nitrogens with zero attached hydrogens (tertiary/aromatic N) is 1. The molecule has 0 unspecified atom stereocenters.